The highest BCUT2D eigenvalue weighted by Crippen LogP contribution is 2.36. The molecule has 1 nitrogen and oxygen atoms in total. The Morgan fingerprint density at radius 3 is 2.50 bits per heavy atom. The number of anilines is 1. The highest BCUT2D eigenvalue weighted by Gasteiger charge is 2.23. The lowest BCUT2D eigenvalue weighted by Gasteiger charge is -2.14. The van der Waals surface area contributed by atoms with Crippen LogP contribution in [0.4, 0.5) is 5.69 Å². The van der Waals surface area contributed by atoms with E-state index in [1.807, 2.05) is 0 Å². The smallest absolute Gasteiger partial charge is 0.0555 e. The third-order valence-corrected chi connectivity index (χ3v) is 4.37. The molecule has 0 aromatic heterocycles. The van der Waals surface area contributed by atoms with Crippen molar-refractivity contribution >= 4 is 5.69 Å². The molecule has 20 heavy (non-hydrogen) atoms. The summed E-state index contributed by atoms with van der Waals surface area (Å²) in [5.41, 5.74) is 7.07. The van der Waals surface area contributed by atoms with Gasteiger partial charge in [-0.15, -0.1) is 0 Å². The number of hydrogen-bond acceptors (Lipinski definition) is 1. The van der Waals surface area contributed by atoms with E-state index in [-0.39, 0.29) is 0 Å². The van der Waals surface area contributed by atoms with E-state index in [0.29, 0.717) is 12.0 Å². The van der Waals surface area contributed by atoms with Gasteiger partial charge in [-0.05, 0) is 41.0 Å². The van der Waals surface area contributed by atoms with Crippen LogP contribution in [0.2, 0.25) is 0 Å². The van der Waals surface area contributed by atoms with Crippen molar-refractivity contribution in [2.24, 2.45) is 0 Å². The zero-order valence-electron chi connectivity index (χ0n) is 12.6. The molecule has 1 aliphatic heterocycles. The lowest BCUT2D eigenvalue weighted by Crippen LogP contribution is -2.06. The average Bonchev–Trinajstić information content (AvgIpc) is 2.91. The van der Waals surface area contributed by atoms with E-state index in [9.17, 15) is 0 Å². The molecule has 3 rings (SSSR count). The normalized spacial score (nSPS) is 17.1. The molecule has 1 aliphatic rings. The maximum absolute atomic E-state index is 3.72. The molecule has 0 radical (unpaired) electrons. The Labute approximate surface area is 122 Å². The summed E-state index contributed by atoms with van der Waals surface area (Å²) in [5.74, 6) is 0.601. The summed E-state index contributed by atoms with van der Waals surface area (Å²) >= 11 is 0. The fraction of sp³-hybridized carbons (Fsp3) is 0.368. The highest BCUT2D eigenvalue weighted by atomic mass is 15.0. The summed E-state index contributed by atoms with van der Waals surface area (Å²) in [6.07, 6.45) is 2.19. The van der Waals surface area contributed by atoms with Crippen LogP contribution in [0.1, 0.15) is 55.0 Å². The molecule has 2 aromatic carbocycles. The second-order valence-corrected chi connectivity index (χ2v) is 6.03. The van der Waals surface area contributed by atoms with Crippen molar-refractivity contribution < 1.29 is 0 Å². The molecule has 1 heterocycles. The fourth-order valence-electron chi connectivity index (χ4n) is 3.06. The van der Waals surface area contributed by atoms with Crippen molar-refractivity contribution in [3.05, 3.63) is 64.7 Å². The lowest BCUT2D eigenvalue weighted by molar-refractivity contribution is 0.816. The van der Waals surface area contributed by atoms with E-state index < -0.39 is 0 Å². The van der Waals surface area contributed by atoms with Gasteiger partial charge in [-0.2, -0.15) is 0 Å². The standard InChI is InChI=1S/C19H23N/c1-4-14-6-5-7-17-12-18(20-19(14)17)16-10-8-15(9-11-16)13(2)3/h5-11,13,18,20H,4,12H2,1-3H3. The van der Waals surface area contributed by atoms with Crippen LogP contribution in [-0.4, -0.2) is 0 Å². The molecule has 1 N–H and O–H groups in total. The lowest BCUT2D eigenvalue weighted by atomic mass is 9.97. The first-order valence-electron chi connectivity index (χ1n) is 7.66. The molecule has 104 valence electrons. The first-order valence-corrected chi connectivity index (χ1v) is 7.66. The number of benzene rings is 2. The maximum Gasteiger partial charge on any atom is 0.0555 e. The summed E-state index contributed by atoms with van der Waals surface area (Å²) in [5, 5.41) is 3.72. The molecule has 1 heteroatoms. The van der Waals surface area contributed by atoms with Gasteiger partial charge in [0, 0.05) is 5.69 Å². The average molecular weight is 265 g/mol. The molecule has 0 saturated carbocycles. The van der Waals surface area contributed by atoms with Crippen LogP contribution < -0.4 is 5.32 Å². The number of rotatable bonds is 3. The number of nitrogens with one attached hydrogen (secondary N) is 1. The van der Waals surface area contributed by atoms with E-state index in [1.165, 1.54) is 27.9 Å². The van der Waals surface area contributed by atoms with E-state index in [0.717, 1.165) is 12.8 Å². The number of aryl methyl sites for hydroxylation is 1. The first kappa shape index (κ1) is 13.2. The summed E-state index contributed by atoms with van der Waals surface area (Å²) in [6, 6.07) is 16.2. The Bertz CT molecular complexity index is 596. The zero-order chi connectivity index (χ0) is 14.1. The van der Waals surface area contributed by atoms with Crippen LogP contribution in [0.15, 0.2) is 42.5 Å². The van der Waals surface area contributed by atoms with Crippen LogP contribution in [0, 0.1) is 0 Å². The van der Waals surface area contributed by atoms with Crippen LogP contribution in [0.3, 0.4) is 0 Å². The van der Waals surface area contributed by atoms with Gasteiger partial charge in [-0.3, -0.25) is 0 Å². The Morgan fingerprint density at radius 1 is 1.10 bits per heavy atom. The van der Waals surface area contributed by atoms with Crippen molar-refractivity contribution in [3.63, 3.8) is 0 Å². The summed E-state index contributed by atoms with van der Waals surface area (Å²) in [4.78, 5) is 0. The van der Waals surface area contributed by atoms with Gasteiger partial charge in [-0.1, -0.05) is 63.2 Å². The number of fused-ring (bicyclic) bond motifs is 1. The van der Waals surface area contributed by atoms with Crippen molar-refractivity contribution in [3.8, 4) is 0 Å². The minimum absolute atomic E-state index is 0.430. The predicted molar refractivity (Wildman–Crippen MR) is 86.4 cm³/mol. The largest absolute Gasteiger partial charge is 0.377 e. The highest BCUT2D eigenvalue weighted by molar-refractivity contribution is 5.63. The third kappa shape index (κ3) is 2.33. The van der Waals surface area contributed by atoms with Crippen molar-refractivity contribution in [2.45, 2.75) is 45.6 Å². The van der Waals surface area contributed by atoms with Gasteiger partial charge in [0.05, 0.1) is 6.04 Å². The Morgan fingerprint density at radius 2 is 1.85 bits per heavy atom. The second-order valence-electron chi connectivity index (χ2n) is 6.03. The zero-order valence-corrected chi connectivity index (χ0v) is 12.6. The topological polar surface area (TPSA) is 12.0 Å². The monoisotopic (exact) mass is 265 g/mol. The third-order valence-electron chi connectivity index (χ3n) is 4.37. The van der Waals surface area contributed by atoms with Crippen LogP contribution in [-0.2, 0) is 12.8 Å². The second kappa shape index (κ2) is 5.32. The van der Waals surface area contributed by atoms with Crippen molar-refractivity contribution in [1.29, 1.82) is 0 Å². The Balaban J connectivity index is 1.84. The van der Waals surface area contributed by atoms with Crippen molar-refractivity contribution in [2.75, 3.05) is 5.32 Å². The molecule has 0 fully saturated rings. The van der Waals surface area contributed by atoms with Gasteiger partial charge in [0.25, 0.3) is 0 Å². The van der Waals surface area contributed by atoms with Crippen molar-refractivity contribution in [1.82, 2.24) is 0 Å². The van der Waals surface area contributed by atoms with Gasteiger partial charge >= 0.3 is 0 Å². The SMILES string of the molecule is CCc1cccc2c1NC(c1ccc(C(C)C)cc1)C2. The van der Waals surface area contributed by atoms with E-state index in [1.54, 1.807) is 0 Å². The van der Waals surface area contributed by atoms with Crippen LogP contribution >= 0.6 is 0 Å². The van der Waals surface area contributed by atoms with Crippen LogP contribution in [0.25, 0.3) is 0 Å². The molecule has 0 spiro atoms. The minimum atomic E-state index is 0.430. The molecule has 0 amide bonds. The van der Waals surface area contributed by atoms with Gasteiger partial charge < -0.3 is 5.32 Å². The summed E-state index contributed by atoms with van der Waals surface area (Å²) in [7, 11) is 0. The molecule has 1 unspecified atom stereocenters. The quantitative estimate of drug-likeness (QED) is 0.816. The number of hydrogen-bond donors (Lipinski definition) is 1. The first-order chi connectivity index (χ1) is 9.69. The number of para-hydroxylation sites is 1. The van der Waals surface area contributed by atoms with Gasteiger partial charge in [0.15, 0.2) is 0 Å². The van der Waals surface area contributed by atoms with Crippen LogP contribution in [0.5, 0.6) is 0 Å². The molecule has 1 atom stereocenters. The van der Waals surface area contributed by atoms with Gasteiger partial charge in [-0.25, -0.2) is 0 Å². The Kier molecular flexibility index (Phi) is 3.52. The summed E-state index contributed by atoms with van der Waals surface area (Å²) in [6.45, 7) is 6.71. The minimum Gasteiger partial charge on any atom is -0.377 e. The molecule has 2 aromatic rings. The maximum atomic E-state index is 3.72. The molecular formula is C19H23N. The van der Waals surface area contributed by atoms with E-state index in [4.69, 9.17) is 0 Å². The molecular weight excluding hydrogens is 242 g/mol. The molecule has 0 aliphatic carbocycles. The van der Waals surface area contributed by atoms with Gasteiger partial charge in [0.2, 0.25) is 0 Å². The summed E-state index contributed by atoms with van der Waals surface area (Å²) < 4.78 is 0. The van der Waals surface area contributed by atoms with E-state index >= 15 is 0 Å². The fourth-order valence-corrected chi connectivity index (χ4v) is 3.06. The Hall–Kier alpha value is -1.76. The molecule has 0 saturated heterocycles. The molecule has 0 bridgehead atoms. The van der Waals surface area contributed by atoms with E-state index in [2.05, 4.69) is 68.6 Å². The predicted octanol–water partition coefficient (Wildman–Crippen LogP) is 5.08. The van der Waals surface area contributed by atoms with Gasteiger partial charge in [0.1, 0.15) is 0 Å².